The van der Waals surface area contributed by atoms with E-state index in [9.17, 15) is 9.59 Å². The van der Waals surface area contributed by atoms with Gasteiger partial charge in [0.05, 0.1) is 18.7 Å². The van der Waals surface area contributed by atoms with Crippen molar-refractivity contribution in [2.75, 3.05) is 6.54 Å². The molecule has 0 spiro atoms. The van der Waals surface area contributed by atoms with Crippen LogP contribution in [0.4, 0.5) is 4.79 Å². The number of aliphatic carboxylic acids is 1. The van der Waals surface area contributed by atoms with Crippen molar-refractivity contribution in [1.29, 1.82) is 0 Å². The maximum absolute atomic E-state index is 12.2. The molecule has 2 aliphatic rings. The number of rotatable bonds is 4. The molecule has 1 aromatic heterocycles. The van der Waals surface area contributed by atoms with E-state index < -0.39 is 11.9 Å². The van der Waals surface area contributed by atoms with Gasteiger partial charge in [0.2, 0.25) is 0 Å². The van der Waals surface area contributed by atoms with Crippen molar-refractivity contribution in [3.63, 3.8) is 0 Å². The third kappa shape index (κ3) is 2.21. The minimum Gasteiger partial charge on any atom is -0.481 e. The van der Waals surface area contributed by atoms with Crippen LogP contribution in [0.5, 0.6) is 0 Å². The Bertz CT molecular complexity index is 503. The van der Waals surface area contributed by atoms with E-state index >= 15 is 0 Å². The monoisotopic (exact) mass is 279 g/mol. The molecule has 8 nitrogen and oxygen atoms in total. The van der Waals surface area contributed by atoms with Crippen molar-refractivity contribution in [1.82, 2.24) is 25.2 Å². The number of nitrogens with zero attached hydrogens (tertiary/aromatic N) is 4. The van der Waals surface area contributed by atoms with E-state index in [4.69, 9.17) is 5.11 Å². The Morgan fingerprint density at radius 2 is 2.25 bits per heavy atom. The second-order valence-electron chi connectivity index (χ2n) is 5.28. The minimum atomic E-state index is -0.794. The molecule has 2 fully saturated rings. The average Bonchev–Trinajstić information content (AvgIpc) is 3.13. The number of hydrogen-bond donors (Lipinski definition) is 2. The summed E-state index contributed by atoms with van der Waals surface area (Å²) in [4.78, 5) is 25.1. The van der Waals surface area contributed by atoms with Crippen LogP contribution in [-0.4, -0.2) is 55.6 Å². The predicted molar refractivity (Wildman–Crippen MR) is 67.8 cm³/mol. The Balaban J connectivity index is 1.54. The van der Waals surface area contributed by atoms with E-state index in [1.165, 1.54) is 0 Å². The lowest BCUT2D eigenvalue weighted by molar-refractivity contribution is -0.142. The maximum atomic E-state index is 12.2. The van der Waals surface area contributed by atoms with E-state index in [1.807, 2.05) is 0 Å². The zero-order valence-electron chi connectivity index (χ0n) is 11.0. The van der Waals surface area contributed by atoms with E-state index in [0.717, 1.165) is 12.8 Å². The number of carboxylic acid groups (broad SMARTS) is 1. The number of carboxylic acids is 1. The molecule has 2 saturated heterocycles. The van der Waals surface area contributed by atoms with Gasteiger partial charge in [0, 0.05) is 24.8 Å². The molecule has 2 aliphatic heterocycles. The third-order valence-electron chi connectivity index (χ3n) is 4.18. The third-order valence-corrected chi connectivity index (χ3v) is 4.18. The Morgan fingerprint density at radius 1 is 1.40 bits per heavy atom. The van der Waals surface area contributed by atoms with Crippen LogP contribution in [0.15, 0.2) is 12.4 Å². The number of hydrogen-bond acceptors (Lipinski definition) is 4. The van der Waals surface area contributed by atoms with Gasteiger partial charge in [-0.25, -0.2) is 4.79 Å². The van der Waals surface area contributed by atoms with Gasteiger partial charge in [-0.2, -0.15) is 0 Å². The summed E-state index contributed by atoms with van der Waals surface area (Å²) in [6.07, 6.45) is 5.59. The molecule has 0 saturated carbocycles. The first-order chi connectivity index (χ1) is 9.66. The average molecular weight is 279 g/mol. The summed E-state index contributed by atoms with van der Waals surface area (Å²) in [6, 6.07) is -0.238. The second kappa shape index (κ2) is 5.10. The molecule has 108 valence electrons. The van der Waals surface area contributed by atoms with Crippen molar-refractivity contribution in [2.45, 2.75) is 37.9 Å². The molecule has 3 unspecified atom stereocenters. The van der Waals surface area contributed by atoms with Gasteiger partial charge in [-0.15, -0.1) is 5.10 Å². The molecule has 0 radical (unpaired) electrons. The number of nitrogens with one attached hydrogen (secondary N) is 1. The van der Waals surface area contributed by atoms with Gasteiger partial charge in [0.1, 0.15) is 0 Å². The van der Waals surface area contributed by atoms with Crippen LogP contribution in [0.1, 0.15) is 19.3 Å². The summed E-state index contributed by atoms with van der Waals surface area (Å²) in [7, 11) is 0. The summed E-state index contributed by atoms with van der Waals surface area (Å²) in [6.45, 7) is 1.01. The van der Waals surface area contributed by atoms with Gasteiger partial charge in [-0.1, -0.05) is 5.21 Å². The van der Waals surface area contributed by atoms with Crippen LogP contribution in [0.25, 0.3) is 0 Å². The fourth-order valence-electron chi connectivity index (χ4n) is 3.29. The number of fused-ring (bicyclic) bond motifs is 2. The molecule has 2 bridgehead atoms. The normalized spacial score (nSPS) is 27.8. The standard InChI is InChI=1S/C12H17N5O3/c18-11(19)9-7-8-1-2-10(9)17(8)12(20)13-3-5-16-6-4-14-15-16/h4,6,8-10H,1-3,5,7H2,(H,13,20)(H,18,19). The Kier molecular flexibility index (Phi) is 3.29. The molecule has 2 amide bonds. The van der Waals surface area contributed by atoms with Gasteiger partial charge in [0.25, 0.3) is 0 Å². The van der Waals surface area contributed by atoms with E-state index in [2.05, 4.69) is 15.6 Å². The van der Waals surface area contributed by atoms with Crippen LogP contribution in [-0.2, 0) is 11.3 Å². The summed E-state index contributed by atoms with van der Waals surface area (Å²) in [5.74, 6) is -1.20. The fourth-order valence-corrected chi connectivity index (χ4v) is 3.29. The molecule has 3 heterocycles. The number of amides is 2. The van der Waals surface area contributed by atoms with Gasteiger partial charge in [-0.05, 0) is 19.3 Å². The Labute approximate surface area is 115 Å². The van der Waals surface area contributed by atoms with Gasteiger partial charge in [-0.3, -0.25) is 9.48 Å². The van der Waals surface area contributed by atoms with Crippen LogP contribution >= 0.6 is 0 Å². The van der Waals surface area contributed by atoms with Gasteiger partial charge >= 0.3 is 12.0 Å². The van der Waals surface area contributed by atoms with Crippen LogP contribution < -0.4 is 5.32 Å². The second-order valence-corrected chi connectivity index (χ2v) is 5.28. The fraction of sp³-hybridized carbons (Fsp3) is 0.667. The SMILES string of the molecule is O=C(O)C1CC2CCC1N2C(=O)NCCn1ccnn1. The lowest BCUT2D eigenvalue weighted by Crippen LogP contribution is -2.45. The van der Waals surface area contributed by atoms with Crippen molar-refractivity contribution < 1.29 is 14.7 Å². The van der Waals surface area contributed by atoms with Crippen molar-refractivity contribution in [3.8, 4) is 0 Å². The molecule has 0 aromatic carbocycles. The highest BCUT2D eigenvalue weighted by Gasteiger charge is 2.51. The first kappa shape index (κ1) is 12.9. The van der Waals surface area contributed by atoms with Crippen LogP contribution in [0.2, 0.25) is 0 Å². The predicted octanol–water partition coefficient (Wildman–Crippen LogP) is -0.0748. The minimum absolute atomic E-state index is 0.0764. The molecule has 3 rings (SSSR count). The number of aromatic nitrogens is 3. The molecular weight excluding hydrogens is 262 g/mol. The summed E-state index contributed by atoms with van der Waals surface area (Å²) >= 11 is 0. The van der Waals surface area contributed by atoms with Crippen molar-refractivity contribution in [3.05, 3.63) is 12.4 Å². The smallest absolute Gasteiger partial charge is 0.317 e. The van der Waals surface area contributed by atoms with E-state index in [-0.39, 0.29) is 18.1 Å². The van der Waals surface area contributed by atoms with Gasteiger partial charge in [0.15, 0.2) is 0 Å². The van der Waals surface area contributed by atoms with Crippen LogP contribution in [0.3, 0.4) is 0 Å². The topological polar surface area (TPSA) is 100 Å². The molecule has 1 aromatic rings. The molecular formula is C12H17N5O3. The highest BCUT2D eigenvalue weighted by molar-refractivity contribution is 5.79. The zero-order chi connectivity index (χ0) is 14.1. The highest BCUT2D eigenvalue weighted by Crippen LogP contribution is 2.41. The molecule has 20 heavy (non-hydrogen) atoms. The van der Waals surface area contributed by atoms with Crippen molar-refractivity contribution >= 4 is 12.0 Å². The number of carbonyl (C=O) groups is 2. The Morgan fingerprint density at radius 3 is 2.90 bits per heavy atom. The van der Waals surface area contributed by atoms with Crippen LogP contribution in [0, 0.1) is 5.92 Å². The number of carbonyl (C=O) groups excluding carboxylic acids is 1. The lowest BCUT2D eigenvalue weighted by Gasteiger charge is -2.23. The van der Waals surface area contributed by atoms with Crippen molar-refractivity contribution in [2.24, 2.45) is 5.92 Å². The number of urea groups is 1. The van der Waals surface area contributed by atoms with Gasteiger partial charge < -0.3 is 15.3 Å². The summed E-state index contributed by atoms with van der Waals surface area (Å²) < 4.78 is 1.64. The lowest BCUT2D eigenvalue weighted by atomic mass is 9.89. The first-order valence-electron chi connectivity index (χ1n) is 6.80. The quantitative estimate of drug-likeness (QED) is 0.803. The van der Waals surface area contributed by atoms with E-state index in [1.54, 1.807) is 22.0 Å². The summed E-state index contributed by atoms with van der Waals surface area (Å²) in [5, 5.41) is 19.5. The van der Waals surface area contributed by atoms with E-state index in [0.29, 0.717) is 19.5 Å². The zero-order valence-corrected chi connectivity index (χ0v) is 11.0. The largest absolute Gasteiger partial charge is 0.481 e. The molecule has 0 aliphatic carbocycles. The Hall–Kier alpha value is -2.12. The molecule has 2 N–H and O–H groups in total. The molecule has 8 heteroatoms. The highest BCUT2D eigenvalue weighted by atomic mass is 16.4. The first-order valence-corrected chi connectivity index (χ1v) is 6.80. The molecule has 3 atom stereocenters. The maximum Gasteiger partial charge on any atom is 0.317 e. The summed E-state index contributed by atoms with van der Waals surface area (Å²) in [5.41, 5.74) is 0.